The van der Waals surface area contributed by atoms with E-state index < -0.39 is 0 Å². The number of piperidine rings is 1. The van der Waals surface area contributed by atoms with E-state index in [0.29, 0.717) is 54.8 Å². The number of hydrogen-bond acceptors (Lipinski definition) is 8. The van der Waals surface area contributed by atoms with Gasteiger partial charge in [-0.3, -0.25) is 19.5 Å². The van der Waals surface area contributed by atoms with Crippen LogP contribution in [0.4, 0.5) is 5.69 Å². The fraction of sp³-hybridized carbons (Fsp3) is 0.667. The zero-order valence-electron chi connectivity index (χ0n) is 23.1. The topological polar surface area (TPSA) is 92.8 Å². The Morgan fingerprint density at radius 1 is 1.00 bits per heavy atom. The zero-order valence-corrected chi connectivity index (χ0v) is 24.6. The molecule has 0 saturated carbocycles. The summed E-state index contributed by atoms with van der Waals surface area (Å²) in [6, 6.07) is 5.31. The van der Waals surface area contributed by atoms with E-state index in [1.54, 1.807) is 17.1 Å². The van der Waals surface area contributed by atoms with E-state index in [9.17, 15) is 9.59 Å². The van der Waals surface area contributed by atoms with Crippen LogP contribution in [-0.2, 0) is 14.3 Å². The van der Waals surface area contributed by atoms with E-state index in [1.807, 2.05) is 10.9 Å². The Labute approximate surface area is 248 Å². The summed E-state index contributed by atoms with van der Waals surface area (Å²) in [4.78, 5) is 31.2. The molecule has 13 heteroatoms. The fourth-order valence-corrected chi connectivity index (χ4v) is 5.48. The van der Waals surface area contributed by atoms with Crippen LogP contribution in [0.15, 0.2) is 23.3 Å². The summed E-state index contributed by atoms with van der Waals surface area (Å²) in [7, 11) is 5.87. The first-order chi connectivity index (χ1) is 19.4. The number of hydrazone groups is 1. The average Bonchev–Trinajstić information content (AvgIpc) is 3.41. The van der Waals surface area contributed by atoms with Crippen LogP contribution in [-0.4, -0.2) is 119 Å². The number of piperazine rings is 1. The molecule has 10 nitrogen and oxygen atoms in total. The summed E-state index contributed by atoms with van der Waals surface area (Å²) in [6.07, 6.45) is 3.85. The smallest absolute Gasteiger partial charge is 0.245 e. The number of benzene rings is 1. The van der Waals surface area contributed by atoms with Gasteiger partial charge in [0.1, 0.15) is 12.4 Å². The molecule has 2 saturated heterocycles. The maximum atomic E-state index is 12.3. The Morgan fingerprint density at radius 2 is 1.75 bits per heavy atom. The first kappa shape index (κ1) is 31.1. The summed E-state index contributed by atoms with van der Waals surface area (Å²) in [5, 5.41) is 12.8. The highest BCUT2D eigenvalue weighted by Gasteiger charge is 2.23. The highest BCUT2D eigenvalue weighted by atomic mass is 35.5. The van der Waals surface area contributed by atoms with Crippen molar-refractivity contribution in [2.45, 2.75) is 32.1 Å². The second-order valence-electron chi connectivity index (χ2n) is 10.7. The van der Waals surface area contributed by atoms with Crippen molar-refractivity contribution in [1.29, 1.82) is 0 Å². The molecule has 1 aromatic rings. The van der Waals surface area contributed by atoms with Crippen LogP contribution < -0.4 is 15.6 Å². The molecule has 0 unspecified atom stereocenters. The van der Waals surface area contributed by atoms with Gasteiger partial charge in [0.05, 0.1) is 22.3 Å². The van der Waals surface area contributed by atoms with E-state index in [-0.39, 0.29) is 18.4 Å². The van der Waals surface area contributed by atoms with Crippen LogP contribution in [0.1, 0.15) is 32.1 Å². The summed E-state index contributed by atoms with van der Waals surface area (Å²) in [5.74, 6) is 1.09. The number of amides is 2. The number of anilines is 1. The van der Waals surface area contributed by atoms with Gasteiger partial charge in [-0.2, -0.15) is 5.10 Å². The van der Waals surface area contributed by atoms with Crippen LogP contribution in [0.25, 0.3) is 0 Å². The average molecular weight is 592 g/mol. The second kappa shape index (κ2) is 15.9. The lowest BCUT2D eigenvalue weighted by Gasteiger charge is -2.38. The molecule has 4 rings (SSSR count). The van der Waals surface area contributed by atoms with Gasteiger partial charge < -0.3 is 25.1 Å². The molecule has 2 fully saturated rings. The SMILES string of the molecule is [B]N1CCC(CN2CCN(CCOCC(=O)NCCCC(=O)NC3=NN(c4ccc(Cl)c(Cl)c4)CC3)CC2)CC1. The second-order valence-corrected chi connectivity index (χ2v) is 11.5. The Morgan fingerprint density at radius 3 is 2.50 bits per heavy atom. The largest absolute Gasteiger partial charge is 0.370 e. The highest BCUT2D eigenvalue weighted by molar-refractivity contribution is 6.42. The van der Waals surface area contributed by atoms with Crippen molar-refractivity contribution < 1.29 is 14.3 Å². The molecule has 218 valence electrons. The van der Waals surface area contributed by atoms with Crippen LogP contribution in [0.3, 0.4) is 0 Å². The number of ether oxygens (including phenoxy) is 1. The van der Waals surface area contributed by atoms with Crippen LogP contribution in [0.5, 0.6) is 0 Å². The van der Waals surface area contributed by atoms with Gasteiger partial charge >= 0.3 is 0 Å². The van der Waals surface area contributed by atoms with Gasteiger partial charge in [0.25, 0.3) is 0 Å². The van der Waals surface area contributed by atoms with Gasteiger partial charge in [0, 0.05) is 65.2 Å². The normalized spacial score (nSPS) is 19.6. The van der Waals surface area contributed by atoms with Gasteiger partial charge in [-0.15, -0.1) is 0 Å². The van der Waals surface area contributed by atoms with Crippen molar-refractivity contribution in [2.24, 2.45) is 11.0 Å². The van der Waals surface area contributed by atoms with Crippen LogP contribution >= 0.6 is 23.2 Å². The zero-order chi connectivity index (χ0) is 28.3. The number of amidine groups is 1. The van der Waals surface area contributed by atoms with Crippen molar-refractivity contribution >= 4 is 54.5 Å². The lowest BCUT2D eigenvalue weighted by Crippen LogP contribution is -2.49. The maximum absolute atomic E-state index is 12.3. The number of rotatable bonds is 12. The van der Waals surface area contributed by atoms with Gasteiger partial charge in [0.2, 0.25) is 11.8 Å². The molecule has 0 aliphatic carbocycles. The number of carbonyl (C=O) groups excluding carboxylic acids is 2. The number of halogens is 2. The Kier molecular flexibility index (Phi) is 12.4. The van der Waals surface area contributed by atoms with E-state index in [4.69, 9.17) is 35.9 Å². The monoisotopic (exact) mass is 591 g/mol. The number of hydrogen-bond donors (Lipinski definition) is 2. The molecule has 2 N–H and O–H groups in total. The molecule has 0 bridgehead atoms. The standard InChI is InChI=1S/C27H40BCl2N7O3/c28-36-9-5-21(6-10-36)19-35-14-12-34(13-15-35)16-17-40-20-27(39)31-8-1-2-26(38)32-25-7-11-37(33-25)22-3-4-23(29)24(30)18-22/h3-4,18,21H,1-2,5-17,19-20H2,(H,31,39)(H,32,33,38). The van der Waals surface area contributed by atoms with Crippen molar-refractivity contribution in [3.63, 3.8) is 0 Å². The molecule has 40 heavy (non-hydrogen) atoms. The maximum Gasteiger partial charge on any atom is 0.245 e. The first-order valence-electron chi connectivity index (χ1n) is 14.2. The van der Waals surface area contributed by atoms with Gasteiger partial charge in [-0.25, -0.2) is 0 Å². The third-order valence-corrected chi connectivity index (χ3v) is 8.34. The van der Waals surface area contributed by atoms with E-state index in [1.165, 1.54) is 19.4 Å². The minimum atomic E-state index is -0.161. The molecular weight excluding hydrogens is 552 g/mol. The lowest BCUT2D eigenvalue weighted by atomic mass is 9.94. The third-order valence-electron chi connectivity index (χ3n) is 7.60. The first-order valence-corrected chi connectivity index (χ1v) is 15.0. The van der Waals surface area contributed by atoms with Crippen molar-refractivity contribution in [1.82, 2.24) is 25.2 Å². The molecule has 2 radical (unpaired) electrons. The predicted molar refractivity (Wildman–Crippen MR) is 160 cm³/mol. The minimum Gasteiger partial charge on any atom is -0.370 e. The lowest BCUT2D eigenvalue weighted by molar-refractivity contribution is -0.126. The predicted octanol–water partition coefficient (Wildman–Crippen LogP) is 1.96. The third kappa shape index (κ3) is 10.2. The molecule has 0 atom stereocenters. The molecule has 3 aliphatic heterocycles. The number of nitrogens with zero attached hydrogens (tertiary/aromatic N) is 5. The Balaban J connectivity index is 0.993. The quantitative estimate of drug-likeness (QED) is 0.283. The number of nitrogens with one attached hydrogen (secondary N) is 2. The van der Waals surface area contributed by atoms with E-state index in [2.05, 4.69) is 25.5 Å². The molecule has 0 spiro atoms. The Hall–Kier alpha value is -1.89. The summed E-state index contributed by atoms with van der Waals surface area (Å²) in [5.41, 5.74) is 0.820. The minimum absolute atomic E-state index is 0.0351. The van der Waals surface area contributed by atoms with Crippen molar-refractivity contribution in [2.75, 3.05) is 83.7 Å². The van der Waals surface area contributed by atoms with Gasteiger partial charge in [-0.1, -0.05) is 23.2 Å². The summed E-state index contributed by atoms with van der Waals surface area (Å²) < 4.78 is 5.58. The summed E-state index contributed by atoms with van der Waals surface area (Å²) in [6.45, 7) is 9.89. The highest BCUT2D eigenvalue weighted by Crippen LogP contribution is 2.28. The van der Waals surface area contributed by atoms with Crippen molar-refractivity contribution in [3.8, 4) is 0 Å². The molecule has 3 aliphatic rings. The molecular formula is C27H40BCl2N7O3. The summed E-state index contributed by atoms with van der Waals surface area (Å²) >= 11 is 12.1. The van der Waals surface area contributed by atoms with Gasteiger partial charge in [0.15, 0.2) is 7.98 Å². The fourth-order valence-electron chi connectivity index (χ4n) is 5.18. The van der Waals surface area contributed by atoms with E-state index >= 15 is 0 Å². The Bertz CT molecular complexity index is 1020. The van der Waals surface area contributed by atoms with Crippen molar-refractivity contribution in [3.05, 3.63) is 28.2 Å². The van der Waals surface area contributed by atoms with Crippen LogP contribution in [0, 0.1) is 5.92 Å². The molecule has 2 amide bonds. The molecule has 3 heterocycles. The van der Waals surface area contributed by atoms with E-state index in [0.717, 1.165) is 57.4 Å². The molecule has 0 aromatic heterocycles. The molecule has 1 aromatic carbocycles. The van der Waals surface area contributed by atoms with Gasteiger partial charge in [-0.05, 0) is 56.5 Å². The number of carbonyl (C=O) groups is 2. The van der Waals surface area contributed by atoms with Crippen LogP contribution in [0.2, 0.25) is 10.0 Å².